The summed E-state index contributed by atoms with van der Waals surface area (Å²) in [5.41, 5.74) is -12.1. The molecule has 0 aromatic heterocycles. The SMILES string of the molecule is O=S(=O)(OC=C1CCC=C1OS(=O)(=O)C(F)(F)F)C(F)(F)F. The third kappa shape index (κ3) is 4.06. The Morgan fingerprint density at radius 3 is 1.91 bits per heavy atom. The molecule has 0 saturated carbocycles. The average Bonchev–Trinajstić information content (AvgIpc) is 2.70. The number of rotatable bonds is 4. The van der Waals surface area contributed by atoms with Crippen molar-refractivity contribution in [2.45, 2.75) is 23.9 Å². The molecule has 0 heterocycles. The highest BCUT2D eigenvalue weighted by atomic mass is 32.2. The van der Waals surface area contributed by atoms with E-state index in [9.17, 15) is 43.2 Å². The zero-order valence-corrected chi connectivity index (χ0v) is 11.7. The minimum atomic E-state index is -6.03. The van der Waals surface area contributed by atoms with Gasteiger partial charge in [-0.05, 0) is 18.9 Å². The van der Waals surface area contributed by atoms with Crippen LogP contribution < -0.4 is 0 Å². The van der Waals surface area contributed by atoms with Crippen LogP contribution in [0.15, 0.2) is 23.7 Å². The summed E-state index contributed by atoms with van der Waals surface area (Å²) < 4.78 is 122. The highest BCUT2D eigenvalue weighted by Gasteiger charge is 2.50. The standard InChI is InChI=1S/C8H6F6O6S2/c9-7(10,11)21(15,16)19-4-5-2-1-3-6(5)20-22(17,18)8(12,13)14/h3-4H,1-2H2. The van der Waals surface area contributed by atoms with E-state index in [-0.39, 0.29) is 19.1 Å². The summed E-state index contributed by atoms with van der Waals surface area (Å²) in [5.74, 6) is -0.949. The van der Waals surface area contributed by atoms with E-state index < -0.39 is 42.6 Å². The molecule has 0 amide bonds. The van der Waals surface area contributed by atoms with Crippen LogP contribution in [0.5, 0.6) is 0 Å². The molecular formula is C8H6F6O6S2. The Morgan fingerprint density at radius 2 is 1.45 bits per heavy atom. The molecule has 22 heavy (non-hydrogen) atoms. The third-order valence-electron chi connectivity index (χ3n) is 2.14. The van der Waals surface area contributed by atoms with Crippen molar-refractivity contribution < 1.29 is 51.5 Å². The molecule has 0 spiro atoms. The maximum Gasteiger partial charge on any atom is 0.534 e. The fourth-order valence-electron chi connectivity index (χ4n) is 1.16. The first-order valence-corrected chi connectivity index (χ1v) is 7.89. The second kappa shape index (κ2) is 5.64. The summed E-state index contributed by atoms with van der Waals surface area (Å²) in [7, 11) is -12.0. The molecule has 1 aliphatic carbocycles. The van der Waals surface area contributed by atoms with Crippen molar-refractivity contribution in [3.63, 3.8) is 0 Å². The normalized spacial score (nSPS) is 19.2. The van der Waals surface area contributed by atoms with Crippen LogP contribution in [0.3, 0.4) is 0 Å². The second-order valence-electron chi connectivity index (χ2n) is 3.73. The lowest BCUT2D eigenvalue weighted by Crippen LogP contribution is -2.25. The summed E-state index contributed by atoms with van der Waals surface area (Å²) in [4.78, 5) is 0. The predicted molar refractivity (Wildman–Crippen MR) is 57.5 cm³/mol. The highest BCUT2D eigenvalue weighted by Crippen LogP contribution is 2.34. The molecule has 0 aromatic carbocycles. The lowest BCUT2D eigenvalue weighted by Gasteiger charge is -2.12. The Labute approximate surface area is 120 Å². The fraction of sp³-hybridized carbons (Fsp3) is 0.500. The van der Waals surface area contributed by atoms with Crippen molar-refractivity contribution in [2.75, 3.05) is 0 Å². The molecule has 0 atom stereocenters. The van der Waals surface area contributed by atoms with Gasteiger partial charge in [-0.15, -0.1) is 0 Å². The number of alkyl halides is 6. The molecule has 0 aromatic rings. The van der Waals surface area contributed by atoms with Crippen molar-refractivity contribution in [3.8, 4) is 0 Å². The van der Waals surface area contributed by atoms with E-state index in [1.807, 2.05) is 0 Å². The summed E-state index contributed by atoms with van der Waals surface area (Å²) in [6.07, 6.45) is 0.465. The van der Waals surface area contributed by atoms with Gasteiger partial charge in [0.15, 0.2) is 0 Å². The molecule has 0 N–H and O–H groups in total. The maximum absolute atomic E-state index is 12.1. The minimum Gasteiger partial charge on any atom is -0.384 e. The summed E-state index contributed by atoms with van der Waals surface area (Å²) in [6, 6.07) is 0. The first-order valence-electron chi connectivity index (χ1n) is 5.07. The van der Waals surface area contributed by atoms with Gasteiger partial charge in [0.2, 0.25) is 0 Å². The molecule has 128 valence electrons. The van der Waals surface area contributed by atoms with E-state index >= 15 is 0 Å². The predicted octanol–water partition coefficient (Wildman–Crippen LogP) is 2.28. The number of hydrogen-bond donors (Lipinski definition) is 0. The van der Waals surface area contributed by atoms with Gasteiger partial charge in [-0.2, -0.15) is 43.2 Å². The first kappa shape index (κ1) is 18.6. The molecule has 0 bridgehead atoms. The van der Waals surface area contributed by atoms with Crippen molar-refractivity contribution in [1.29, 1.82) is 0 Å². The van der Waals surface area contributed by atoms with Gasteiger partial charge in [-0.25, -0.2) is 0 Å². The van der Waals surface area contributed by atoms with Gasteiger partial charge in [0.05, 0.1) is 0 Å². The van der Waals surface area contributed by atoms with Gasteiger partial charge in [-0.1, -0.05) is 0 Å². The van der Waals surface area contributed by atoms with Crippen molar-refractivity contribution in [1.82, 2.24) is 0 Å². The van der Waals surface area contributed by atoms with Gasteiger partial charge in [0, 0.05) is 5.57 Å². The van der Waals surface area contributed by atoms with Gasteiger partial charge < -0.3 is 8.37 Å². The summed E-state index contributed by atoms with van der Waals surface area (Å²) in [5, 5.41) is 0. The van der Waals surface area contributed by atoms with Crippen LogP contribution in [0.1, 0.15) is 12.8 Å². The average molecular weight is 376 g/mol. The third-order valence-corrected chi connectivity index (χ3v) is 4.03. The first-order chi connectivity index (χ1) is 9.67. The van der Waals surface area contributed by atoms with Crippen LogP contribution in [-0.2, 0) is 28.6 Å². The van der Waals surface area contributed by atoms with Gasteiger partial charge in [-0.3, -0.25) is 0 Å². The molecule has 6 nitrogen and oxygen atoms in total. The Kier molecular flexibility index (Phi) is 4.77. The van der Waals surface area contributed by atoms with E-state index in [4.69, 9.17) is 0 Å². The lowest BCUT2D eigenvalue weighted by molar-refractivity contribution is -0.0520. The maximum atomic E-state index is 12.1. The van der Waals surface area contributed by atoms with E-state index in [0.717, 1.165) is 6.08 Å². The molecule has 0 unspecified atom stereocenters. The molecular weight excluding hydrogens is 370 g/mol. The Balaban J connectivity index is 2.96. The molecule has 0 aliphatic heterocycles. The smallest absolute Gasteiger partial charge is 0.384 e. The number of halogens is 6. The second-order valence-corrected chi connectivity index (χ2v) is 6.83. The van der Waals surface area contributed by atoms with E-state index in [0.29, 0.717) is 0 Å². The largest absolute Gasteiger partial charge is 0.534 e. The molecule has 1 rings (SSSR count). The van der Waals surface area contributed by atoms with Crippen LogP contribution in [0, 0.1) is 0 Å². The van der Waals surface area contributed by atoms with E-state index in [1.165, 1.54) is 0 Å². The van der Waals surface area contributed by atoms with Crippen molar-refractivity contribution >= 4 is 20.2 Å². The number of allylic oxidation sites excluding steroid dienone is 2. The van der Waals surface area contributed by atoms with Crippen molar-refractivity contribution in [2.24, 2.45) is 0 Å². The van der Waals surface area contributed by atoms with Crippen LogP contribution >= 0.6 is 0 Å². The van der Waals surface area contributed by atoms with Crippen LogP contribution in [0.25, 0.3) is 0 Å². The van der Waals surface area contributed by atoms with Crippen LogP contribution in [-0.4, -0.2) is 27.9 Å². The highest BCUT2D eigenvalue weighted by molar-refractivity contribution is 7.88. The monoisotopic (exact) mass is 376 g/mol. The van der Waals surface area contributed by atoms with Crippen molar-refractivity contribution in [3.05, 3.63) is 23.7 Å². The summed E-state index contributed by atoms with van der Waals surface area (Å²) in [6.45, 7) is 0. The fourth-order valence-corrected chi connectivity index (χ4v) is 2.02. The van der Waals surface area contributed by atoms with Crippen LogP contribution in [0.4, 0.5) is 26.3 Å². The van der Waals surface area contributed by atoms with E-state index in [1.54, 1.807) is 0 Å². The zero-order valence-electron chi connectivity index (χ0n) is 10.1. The van der Waals surface area contributed by atoms with Gasteiger partial charge >= 0.3 is 31.3 Å². The Bertz CT molecular complexity index is 696. The minimum absolute atomic E-state index is 0.0203. The summed E-state index contributed by atoms with van der Waals surface area (Å²) >= 11 is 0. The Hall–Kier alpha value is -1.44. The molecule has 14 heteroatoms. The van der Waals surface area contributed by atoms with Gasteiger partial charge in [0.25, 0.3) is 0 Å². The Morgan fingerprint density at radius 1 is 0.955 bits per heavy atom. The molecule has 1 aliphatic rings. The number of hydrogen-bond acceptors (Lipinski definition) is 6. The topological polar surface area (TPSA) is 86.7 Å². The van der Waals surface area contributed by atoms with Crippen LogP contribution in [0.2, 0.25) is 0 Å². The van der Waals surface area contributed by atoms with E-state index in [2.05, 4.69) is 8.37 Å². The van der Waals surface area contributed by atoms with Gasteiger partial charge in [0.1, 0.15) is 12.0 Å². The molecule has 0 fully saturated rings. The molecule has 0 radical (unpaired) electrons. The lowest BCUT2D eigenvalue weighted by atomic mass is 10.2. The quantitative estimate of drug-likeness (QED) is 0.324. The zero-order chi connectivity index (χ0) is 17.4. The molecule has 0 saturated heterocycles.